The lowest BCUT2D eigenvalue weighted by Crippen LogP contribution is -2.41. The molecule has 2 aromatic carbocycles. The molecule has 0 radical (unpaired) electrons. The van der Waals surface area contributed by atoms with E-state index >= 15 is 0 Å². The van der Waals surface area contributed by atoms with Crippen molar-refractivity contribution in [3.05, 3.63) is 65.2 Å². The van der Waals surface area contributed by atoms with Crippen LogP contribution >= 0.6 is 0 Å². The zero-order valence-corrected chi connectivity index (χ0v) is 15.6. The van der Waals surface area contributed by atoms with Gasteiger partial charge in [-0.25, -0.2) is 13.2 Å². The van der Waals surface area contributed by atoms with Crippen LogP contribution in [0.5, 0.6) is 0 Å². The number of para-hydroxylation sites is 1. The summed E-state index contributed by atoms with van der Waals surface area (Å²) in [5.41, 5.74) is 2.36. The number of fused-ring (bicyclic) bond motifs is 2. The predicted molar refractivity (Wildman–Crippen MR) is 102 cm³/mol. The Labute approximate surface area is 158 Å². The zero-order valence-electron chi connectivity index (χ0n) is 14.8. The van der Waals surface area contributed by atoms with E-state index in [1.165, 1.54) is 16.4 Å². The highest BCUT2D eigenvalue weighted by molar-refractivity contribution is 7.92. The van der Waals surface area contributed by atoms with Crippen LogP contribution < -0.4 is 4.31 Å². The third kappa shape index (κ3) is 3.21. The molecule has 1 saturated heterocycles. The summed E-state index contributed by atoms with van der Waals surface area (Å²) in [6, 6.07) is 13.7. The van der Waals surface area contributed by atoms with Crippen LogP contribution in [0.25, 0.3) is 0 Å². The molecule has 0 atom stereocenters. The Hall–Kier alpha value is -2.38. The minimum atomic E-state index is -3.59. The molecule has 0 amide bonds. The Morgan fingerprint density at radius 1 is 1.07 bits per heavy atom. The maximum Gasteiger partial charge on any atom is 0.335 e. The van der Waals surface area contributed by atoms with Gasteiger partial charge in [0.1, 0.15) is 0 Å². The van der Waals surface area contributed by atoms with E-state index in [0.717, 1.165) is 24.1 Å². The summed E-state index contributed by atoms with van der Waals surface area (Å²) in [6.45, 7) is 1.71. The molecule has 7 heteroatoms. The van der Waals surface area contributed by atoms with Gasteiger partial charge in [-0.1, -0.05) is 30.3 Å². The molecule has 27 heavy (non-hydrogen) atoms. The van der Waals surface area contributed by atoms with Crippen LogP contribution in [0.2, 0.25) is 0 Å². The fraction of sp³-hybridized carbons (Fsp3) is 0.350. The maximum atomic E-state index is 13.2. The third-order valence-electron chi connectivity index (χ3n) is 5.53. The Kier molecular flexibility index (Phi) is 4.44. The zero-order chi connectivity index (χ0) is 19.1. The van der Waals surface area contributed by atoms with Gasteiger partial charge in [-0.05, 0) is 42.2 Å². The predicted octanol–water partition coefficient (Wildman–Crippen LogP) is 2.78. The number of benzene rings is 2. The monoisotopic (exact) mass is 387 g/mol. The van der Waals surface area contributed by atoms with E-state index in [0.29, 0.717) is 25.3 Å². The van der Waals surface area contributed by atoms with E-state index in [-0.39, 0.29) is 16.7 Å². The first-order valence-electron chi connectivity index (χ1n) is 8.91. The molecule has 2 aromatic rings. The first-order valence-corrected chi connectivity index (χ1v) is 10.5. The average molecular weight is 387 g/mol. The van der Waals surface area contributed by atoms with Crippen LogP contribution in [-0.2, 0) is 25.9 Å². The van der Waals surface area contributed by atoms with E-state index in [2.05, 4.69) is 0 Å². The number of ether oxygens (including phenoxy) is 1. The molecule has 1 fully saturated rings. The van der Waals surface area contributed by atoms with Gasteiger partial charge in [0, 0.05) is 25.2 Å². The standard InChI is InChI=1S/C20H21NO5S/c22-19(23)16-7-5-15(6-8-16)13-27(24,25)21-14-20(9-11-26-12-10-20)17-3-1-2-4-18(17)21/h1-8H,9-14H2,(H,22,23). The van der Waals surface area contributed by atoms with Gasteiger partial charge in [0.15, 0.2) is 0 Å². The summed E-state index contributed by atoms with van der Waals surface area (Å²) in [5.74, 6) is -1.19. The molecule has 2 aliphatic heterocycles. The van der Waals surface area contributed by atoms with Gasteiger partial charge in [-0.2, -0.15) is 0 Å². The molecule has 2 aliphatic rings. The summed E-state index contributed by atoms with van der Waals surface area (Å²) in [4.78, 5) is 11.0. The minimum absolute atomic E-state index is 0.142. The second-order valence-corrected chi connectivity index (χ2v) is 9.07. The number of carboxylic acids is 1. The van der Waals surface area contributed by atoms with Gasteiger partial charge >= 0.3 is 5.97 Å². The number of sulfonamides is 1. The van der Waals surface area contributed by atoms with E-state index in [1.54, 1.807) is 12.1 Å². The van der Waals surface area contributed by atoms with Crippen molar-refractivity contribution in [2.45, 2.75) is 24.0 Å². The number of aromatic carboxylic acids is 1. The molecule has 0 aliphatic carbocycles. The second kappa shape index (κ2) is 6.65. The first kappa shape index (κ1) is 18.0. The number of nitrogens with zero attached hydrogens (tertiary/aromatic N) is 1. The highest BCUT2D eigenvalue weighted by atomic mass is 32.2. The number of carboxylic acid groups (broad SMARTS) is 1. The van der Waals surface area contributed by atoms with Gasteiger partial charge in [0.05, 0.1) is 17.0 Å². The Morgan fingerprint density at radius 3 is 2.41 bits per heavy atom. The Balaban J connectivity index is 1.65. The highest BCUT2D eigenvalue weighted by Crippen LogP contribution is 2.47. The van der Waals surface area contributed by atoms with Gasteiger partial charge in [0.25, 0.3) is 0 Å². The molecule has 142 valence electrons. The molecule has 4 rings (SSSR count). The van der Waals surface area contributed by atoms with Crippen LogP contribution in [0.1, 0.15) is 34.3 Å². The molecular weight excluding hydrogens is 366 g/mol. The van der Waals surface area contributed by atoms with Gasteiger partial charge in [0.2, 0.25) is 10.0 Å². The lowest BCUT2D eigenvalue weighted by atomic mass is 9.76. The van der Waals surface area contributed by atoms with Crippen molar-refractivity contribution >= 4 is 21.7 Å². The molecule has 0 bridgehead atoms. The van der Waals surface area contributed by atoms with E-state index in [4.69, 9.17) is 9.84 Å². The van der Waals surface area contributed by atoms with Crippen molar-refractivity contribution in [3.63, 3.8) is 0 Å². The van der Waals surface area contributed by atoms with Gasteiger partial charge in [-0.3, -0.25) is 4.31 Å². The quantitative estimate of drug-likeness (QED) is 0.872. The number of hydrogen-bond donors (Lipinski definition) is 1. The maximum absolute atomic E-state index is 13.2. The van der Waals surface area contributed by atoms with Crippen LogP contribution in [0.15, 0.2) is 48.5 Å². The molecule has 1 spiro atoms. The number of hydrogen-bond acceptors (Lipinski definition) is 4. The number of rotatable bonds is 4. The number of anilines is 1. The Morgan fingerprint density at radius 2 is 1.74 bits per heavy atom. The topological polar surface area (TPSA) is 83.9 Å². The lowest BCUT2D eigenvalue weighted by molar-refractivity contribution is 0.0560. The van der Waals surface area contributed by atoms with Gasteiger partial charge < -0.3 is 9.84 Å². The lowest BCUT2D eigenvalue weighted by Gasteiger charge is -2.34. The van der Waals surface area contributed by atoms with E-state index in [9.17, 15) is 13.2 Å². The van der Waals surface area contributed by atoms with Crippen molar-refractivity contribution in [2.75, 3.05) is 24.1 Å². The molecular formula is C20H21NO5S. The summed E-state index contributed by atoms with van der Waals surface area (Å²) < 4.78 is 33.4. The molecule has 1 N–H and O–H groups in total. The highest BCUT2D eigenvalue weighted by Gasteiger charge is 2.46. The van der Waals surface area contributed by atoms with Crippen LogP contribution in [0.4, 0.5) is 5.69 Å². The van der Waals surface area contributed by atoms with Crippen molar-refractivity contribution in [2.24, 2.45) is 0 Å². The molecule has 6 nitrogen and oxygen atoms in total. The van der Waals surface area contributed by atoms with Crippen molar-refractivity contribution in [1.82, 2.24) is 0 Å². The van der Waals surface area contributed by atoms with Crippen LogP contribution in [-0.4, -0.2) is 39.3 Å². The average Bonchev–Trinajstić information content (AvgIpc) is 2.98. The van der Waals surface area contributed by atoms with E-state index < -0.39 is 16.0 Å². The largest absolute Gasteiger partial charge is 0.478 e. The van der Waals surface area contributed by atoms with E-state index in [1.807, 2.05) is 24.3 Å². The summed E-state index contributed by atoms with van der Waals surface area (Å²) in [7, 11) is -3.59. The molecule has 2 heterocycles. The molecule has 0 unspecified atom stereocenters. The summed E-state index contributed by atoms with van der Waals surface area (Å²) >= 11 is 0. The first-order chi connectivity index (χ1) is 12.9. The smallest absolute Gasteiger partial charge is 0.335 e. The minimum Gasteiger partial charge on any atom is -0.478 e. The summed E-state index contributed by atoms with van der Waals surface area (Å²) in [6.07, 6.45) is 1.62. The third-order valence-corrected chi connectivity index (χ3v) is 7.22. The fourth-order valence-electron chi connectivity index (χ4n) is 4.05. The van der Waals surface area contributed by atoms with Crippen LogP contribution in [0, 0.1) is 0 Å². The van der Waals surface area contributed by atoms with Crippen molar-refractivity contribution < 1.29 is 23.1 Å². The Bertz CT molecular complexity index is 962. The van der Waals surface area contributed by atoms with Crippen molar-refractivity contribution in [1.29, 1.82) is 0 Å². The normalized spacial score (nSPS) is 18.4. The van der Waals surface area contributed by atoms with Crippen LogP contribution in [0.3, 0.4) is 0 Å². The second-order valence-electron chi connectivity index (χ2n) is 7.17. The molecule has 0 aromatic heterocycles. The summed E-state index contributed by atoms with van der Waals surface area (Å²) in [5, 5.41) is 8.99. The number of carbonyl (C=O) groups is 1. The fourth-order valence-corrected chi connectivity index (χ4v) is 5.73. The van der Waals surface area contributed by atoms with Gasteiger partial charge in [-0.15, -0.1) is 0 Å². The molecule has 0 saturated carbocycles. The van der Waals surface area contributed by atoms with Crippen molar-refractivity contribution in [3.8, 4) is 0 Å². The SMILES string of the molecule is O=C(O)c1ccc(CS(=O)(=O)N2CC3(CCOCC3)c3ccccc32)cc1.